The Balaban J connectivity index is 1.68. The molecule has 1 saturated heterocycles. The molecule has 180 valence electrons. The van der Waals surface area contributed by atoms with Crippen LogP contribution in [0.1, 0.15) is 22.9 Å². The van der Waals surface area contributed by atoms with Crippen molar-refractivity contribution in [3.05, 3.63) is 75.7 Å². The molecular weight excluding hydrogens is 522 g/mol. The van der Waals surface area contributed by atoms with Crippen molar-refractivity contribution < 1.29 is 38.4 Å². The Labute approximate surface area is 208 Å². The average Bonchev–Trinajstić information content (AvgIpc) is 3.47. The second kappa shape index (κ2) is 9.03. The molecule has 5 rings (SSSR count). The molecule has 2 N–H and O–H groups in total. The topological polar surface area (TPSA) is 119 Å². The first kappa shape index (κ1) is 22.9. The molecule has 9 nitrogen and oxygen atoms in total. The van der Waals surface area contributed by atoms with Gasteiger partial charge in [-0.25, -0.2) is 0 Å². The van der Waals surface area contributed by atoms with Crippen LogP contribution in [0.3, 0.4) is 0 Å². The SMILES string of the molecule is COc1cc([C@@H]2C(=C(O)c3ccc4c(c3)OCCO4)C(=O)C(=O)N2Cc2ccco2)cc(Br)c1O. The number of nitrogens with zero attached hydrogens (tertiary/aromatic N) is 1. The maximum Gasteiger partial charge on any atom is 0.296 e. The summed E-state index contributed by atoms with van der Waals surface area (Å²) in [4.78, 5) is 27.7. The van der Waals surface area contributed by atoms with E-state index in [1.165, 1.54) is 24.3 Å². The van der Waals surface area contributed by atoms with Crippen molar-refractivity contribution in [1.82, 2.24) is 4.90 Å². The minimum Gasteiger partial charge on any atom is -0.507 e. The van der Waals surface area contributed by atoms with Crippen molar-refractivity contribution in [2.24, 2.45) is 0 Å². The van der Waals surface area contributed by atoms with Crippen molar-refractivity contribution in [3.63, 3.8) is 0 Å². The van der Waals surface area contributed by atoms with E-state index in [1.54, 1.807) is 36.4 Å². The van der Waals surface area contributed by atoms with E-state index >= 15 is 0 Å². The van der Waals surface area contributed by atoms with Crippen molar-refractivity contribution in [1.29, 1.82) is 0 Å². The molecule has 1 fully saturated rings. The number of carbonyl (C=O) groups is 2. The van der Waals surface area contributed by atoms with Crippen LogP contribution in [0.4, 0.5) is 0 Å². The maximum absolute atomic E-state index is 13.2. The van der Waals surface area contributed by atoms with Gasteiger partial charge in [-0.2, -0.15) is 0 Å². The fraction of sp³-hybridized carbons (Fsp3) is 0.200. The molecule has 1 aromatic heterocycles. The van der Waals surface area contributed by atoms with Crippen LogP contribution >= 0.6 is 15.9 Å². The Hall–Kier alpha value is -3.92. The van der Waals surface area contributed by atoms with E-state index in [0.29, 0.717) is 46.1 Å². The molecule has 1 amide bonds. The molecule has 35 heavy (non-hydrogen) atoms. The number of ketones is 1. The highest BCUT2D eigenvalue weighted by Gasteiger charge is 2.47. The lowest BCUT2D eigenvalue weighted by Gasteiger charge is -2.25. The molecule has 3 heterocycles. The number of ether oxygens (including phenoxy) is 3. The molecule has 0 aliphatic carbocycles. The van der Waals surface area contributed by atoms with Crippen LogP contribution in [0, 0.1) is 0 Å². The van der Waals surface area contributed by atoms with Crippen LogP contribution in [0.2, 0.25) is 0 Å². The second-order valence-electron chi connectivity index (χ2n) is 7.92. The number of halogens is 1. The number of aliphatic hydroxyl groups excluding tert-OH is 1. The molecular formula is C25H20BrNO8. The van der Waals surface area contributed by atoms with E-state index in [1.807, 2.05) is 0 Å². The summed E-state index contributed by atoms with van der Waals surface area (Å²) in [6.45, 7) is 0.751. The van der Waals surface area contributed by atoms with Gasteiger partial charge in [0.2, 0.25) is 0 Å². The summed E-state index contributed by atoms with van der Waals surface area (Å²) in [6, 6.07) is 10.3. The van der Waals surface area contributed by atoms with Gasteiger partial charge >= 0.3 is 0 Å². The number of methoxy groups -OCH3 is 1. The molecule has 2 aromatic carbocycles. The molecule has 1 atom stereocenters. The summed E-state index contributed by atoms with van der Waals surface area (Å²) < 4.78 is 22.1. The third kappa shape index (κ3) is 3.99. The maximum atomic E-state index is 13.2. The fourth-order valence-electron chi connectivity index (χ4n) is 4.21. The van der Waals surface area contributed by atoms with E-state index in [-0.39, 0.29) is 29.4 Å². The van der Waals surface area contributed by atoms with Gasteiger partial charge in [-0.1, -0.05) is 0 Å². The number of rotatable bonds is 5. The van der Waals surface area contributed by atoms with Gasteiger partial charge in [-0.3, -0.25) is 9.59 Å². The van der Waals surface area contributed by atoms with E-state index in [2.05, 4.69) is 15.9 Å². The van der Waals surface area contributed by atoms with Crippen LogP contribution in [0.15, 0.2) is 63.2 Å². The summed E-state index contributed by atoms with van der Waals surface area (Å²) in [6.07, 6.45) is 1.47. The molecule has 0 radical (unpaired) electrons. The Morgan fingerprint density at radius 3 is 2.63 bits per heavy atom. The lowest BCUT2D eigenvalue weighted by atomic mass is 9.94. The minimum atomic E-state index is -0.987. The number of phenolic OH excluding ortho intramolecular Hbond substituents is 1. The first-order valence-electron chi connectivity index (χ1n) is 10.7. The number of benzene rings is 2. The quantitative estimate of drug-likeness (QED) is 0.281. The molecule has 3 aromatic rings. The predicted octanol–water partition coefficient (Wildman–Crippen LogP) is 4.15. The minimum absolute atomic E-state index is 0.0129. The second-order valence-corrected chi connectivity index (χ2v) is 8.77. The van der Waals surface area contributed by atoms with Gasteiger partial charge in [0.25, 0.3) is 11.7 Å². The van der Waals surface area contributed by atoms with E-state index in [9.17, 15) is 19.8 Å². The number of furan rings is 1. The Bertz CT molecular complexity index is 1350. The molecule has 0 bridgehead atoms. The third-order valence-corrected chi connectivity index (χ3v) is 6.45. The monoisotopic (exact) mass is 541 g/mol. The van der Waals surface area contributed by atoms with E-state index in [4.69, 9.17) is 18.6 Å². The van der Waals surface area contributed by atoms with Crippen molar-refractivity contribution in [2.45, 2.75) is 12.6 Å². The number of hydrogen-bond acceptors (Lipinski definition) is 8. The first-order chi connectivity index (χ1) is 16.9. The van der Waals surface area contributed by atoms with Crippen molar-refractivity contribution in [2.75, 3.05) is 20.3 Å². The number of likely N-dealkylation sites (tertiary alicyclic amines) is 1. The normalized spacial score (nSPS) is 18.7. The molecule has 0 saturated carbocycles. The molecule has 10 heteroatoms. The summed E-state index contributed by atoms with van der Waals surface area (Å²) >= 11 is 3.29. The van der Waals surface area contributed by atoms with Crippen molar-refractivity contribution >= 4 is 33.4 Å². The van der Waals surface area contributed by atoms with Crippen molar-refractivity contribution in [3.8, 4) is 23.0 Å². The summed E-state index contributed by atoms with van der Waals surface area (Å²) in [7, 11) is 1.39. The number of hydrogen-bond donors (Lipinski definition) is 2. The van der Waals surface area contributed by atoms with Gasteiger partial charge < -0.3 is 33.7 Å². The smallest absolute Gasteiger partial charge is 0.296 e. The van der Waals surface area contributed by atoms with Gasteiger partial charge in [-0.15, -0.1) is 0 Å². The lowest BCUT2D eigenvalue weighted by Crippen LogP contribution is -2.29. The fourth-order valence-corrected chi connectivity index (χ4v) is 4.67. The van der Waals surface area contributed by atoms with Crippen LogP contribution in [0.5, 0.6) is 23.0 Å². The molecule has 0 unspecified atom stereocenters. The van der Waals surface area contributed by atoms with Crippen LogP contribution in [-0.4, -0.2) is 47.1 Å². The lowest BCUT2D eigenvalue weighted by molar-refractivity contribution is -0.140. The highest BCUT2D eigenvalue weighted by Crippen LogP contribution is 2.45. The Morgan fingerprint density at radius 2 is 1.91 bits per heavy atom. The number of amides is 1. The molecule has 2 aliphatic heterocycles. The van der Waals surface area contributed by atoms with Crippen LogP contribution < -0.4 is 14.2 Å². The highest BCUT2D eigenvalue weighted by atomic mass is 79.9. The molecule has 0 spiro atoms. The zero-order chi connectivity index (χ0) is 24.7. The summed E-state index contributed by atoms with van der Waals surface area (Å²) in [5.74, 6) is -0.601. The number of aliphatic hydroxyl groups is 1. The third-order valence-electron chi connectivity index (χ3n) is 5.85. The average molecular weight is 542 g/mol. The zero-order valence-corrected chi connectivity index (χ0v) is 20.1. The van der Waals surface area contributed by atoms with E-state index in [0.717, 1.165) is 0 Å². The van der Waals surface area contributed by atoms with E-state index < -0.39 is 17.7 Å². The van der Waals surface area contributed by atoms with Gasteiger partial charge in [0.15, 0.2) is 23.0 Å². The number of aromatic hydroxyl groups is 1. The van der Waals surface area contributed by atoms with Gasteiger partial charge in [-0.05, 0) is 64.0 Å². The number of Topliss-reactive ketones (excluding diaryl/α,β-unsaturated/α-hetero) is 1. The largest absolute Gasteiger partial charge is 0.507 e. The van der Waals surface area contributed by atoms with Gasteiger partial charge in [0.1, 0.15) is 24.7 Å². The number of carbonyl (C=O) groups excluding carboxylic acids is 2. The van der Waals surface area contributed by atoms with Crippen LogP contribution in [0.25, 0.3) is 5.76 Å². The molecule has 2 aliphatic rings. The zero-order valence-electron chi connectivity index (χ0n) is 18.5. The summed E-state index contributed by atoms with van der Waals surface area (Å²) in [5.41, 5.74) is 0.620. The standard InChI is InChI=1S/C25H20BrNO8/c1-32-19-11-14(9-16(26)23(19)29)21-20(24(30)25(31)27(21)12-15-3-2-6-33-15)22(28)13-4-5-17-18(10-13)35-8-7-34-17/h2-6,9-11,21,28-29H,7-8,12H2,1H3/t21-/m1/s1. The number of phenols is 1. The number of fused-ring (bicyclic) bond motifs is 1. The Morgan fingerprint density at radius 1 is 1.14 bits per heavy atom. The van der Waals surface area contributed by atoms with Crippen LogP contribution in [-0.2, 0) is 16.1 Å². The van der Waals surface area contributed by atoms with Gasteiger partial charge in [0.05, 0.1) is 36.0 Å². The Kier molecular flexibility index (Phi) is 5.89. The summed E-state index contributed by atoms with van der Waals surface area (Å²) in [5, 5.41) is 21.6. The predicted molar refractivity (Wildman–Crippen MR) is 126 cm³/mol. The highest BCUT2D eigenvalue weighted by molar-refractivity contribution is 9.10. The first-order valence-corrected chi connectivity index (χ1v) is 11.5. The van der Waals surface area contributed by atoms with Gasteiger partial charge in [0, 0.05) is 5.56 Å².